The molecule has 0 aromatic heterocycles. The number of benzene rings is 1. The van der Waals surface area contributed by atoms with Crippen LogP contribution >= 0.6 is 0 Å². The molecular formula is C18H26N2O3. The van der Waals surface area contributed by atoms with Crippen molar-refractivity contribution in [1.82, 2.24) is 9.80 Å². The van der Waals surface area contributed by atoms with Crippen LogP contribution in [-0.4, -0.2) is 61.2 Å². The first kappa shape index (κ1) is 16.3. The van der Waals surface area contributed by atoms with Gasteiger partial charge in [-0.3, -0.25) is 9.69 Å². The van der Waals surface area contributed by atoms with Crippen molar-refractivity contribution in [3.8, 4) is 5.75 Å². The monoisotopic (exact) mass is 318 g/mol. The Hall–Kier alpha value is -1.59. The molecule has 0 unspecified atom stereocenters. The number of methoxy groups -OCH3 is 1. The Bertz CT molecular complexity index is 567. The molecular weight excluding hydrogens is 292 g/mol. The predicted octanol–water partition coefficient (Wildman–Crippen LogP) is 1.92. The minimum atomic E-state index is -0.636. The molecule has 1 atom stereocenters. The van der Waals surface area contributed by atoms with Gasteiger partial charge in [0.15, 0.2) is 0 Å². The highest BCUT2D eigenvalue weighted by atomic mass is 16.5. The van der Waals surface area contributed by atoms with E-state index in [-0.39, 0.29) is 11.3 Å². The molecule has 0 bridgehead atoms. The van der Waals surface area contributed by atoms with E-state index in [2.05, 4.69) is 22.9 Å². The number of piperidine rings is 1. The van der Waals surface area contributed by atoms with Crippen LogP contribution in [0.2, 0.25) is 0 Å². The molecule has 2 heterocycles. The number of likely N-dealkylation sites (tertiary alicyclic amines) is 2. The lowest BCUT2D eigenvalue weighted by Crippen LogP contribution is -2.44. The molecule has 0 saturated carbocycles. The van der Waals surface area contributed by atoms with E-state index in [0.717, 1.165) is 44.8 Å². The molecule has 0 aliphatic carbocycles. The normalized spacial score (nSPS) is 24.9. The molecule has 1 spiro atoms. The van der Waals surface area contributed by atoms with Crippen LogP contribution in [-0.2, 0) is 11.3 Å². The predicted molar refractivity (Wildman–Crippen MR) is 88.6 cm³/mol. The number of carboxylic acids is 1. The van der Waals surface area contributed by atoms with E-state index < -0.39 is 5.97 Å². The number of aliphatic carboxylic acids is 1. The van der Waals surface area contributed by atoms with E-state index in [0.29, 0.717) is 6.54 Å². The lowest BCUT2D eigenvalue weighted by atomic mass is 9.71. The van der Waals surface area contributed by atoms with E-state index in [1.807, 2.05) is 18.2 Å². The Morgan fingerprint density at radius 3 is 2.78 bits per heavy atom. The molecule has 2 aliphatic heterocycles. The van der Waals surface area contributed by atoms with Crippen LogP contribution in [0.4, 0.5) is 0 Å². The molecule has 0 radical (unpaired) electrons. The number of ether oxygens (including phenoxy) is 1. The van der Waals surface area contributed by atoms with Crippen molar-refractivity contribution in [2.24, 2.45) is 11.3 Å². The SMILES string of the molecule is COc1cccc(CN2C[C@@H](C(=O)O)C3(CCN(C)CC3)C2)c1. The third-order valence-electron chi connectivity index (χ3n) is 5.54. The van der Waals surface area contributed by atoms with Crippen molar-refractivity contribution < 1.29 is 14.6 Å². The lowest BCUT2D eigenvalue weighted by molar-refractivity contribution is -0.145. The summed E-state index contributed by atoms with van der Waals surface area (Å²) in [6.45, 7) is 4.32. The number of rotatable bonds is 4. The van der Waals surface area contributed by atoms with E-state index in [1.165, 1.54) is 5.56 Å². The molecule has 2 fully saturated rings. The summed E-state index contributed by atoms with van der Waals surface area (Å²) in [6.07, 6.45) is 1.96. The molecule has 23 heavy (non-hydrogen) atoms. The van der Waals surface area contributed by atoms with Crippen molar-refractivity contribution in [3.63, 3.8) is 0 Å². The Kier molecular flexibility index (Phi) is 4.60. The van der Waals surface area contributed by atoms with Gasteiger partial charge in [-0.2, -0.15) is 0 Å². The van der Waals surface area contributed by atoms with E-state index in [4.69, 9.17) is 4.74 Å². The van der Waals surface area contributed by atoms with Gasteiger partial charge in [0, 0.05) is 25.0 Å². The summed E-state index contributed by atoms with van der Waals surface area (Å²) in [5, 5.41) is 9.70. The second-order valence-electron chi connectivity index (χ2n) is 7.08. The average molecular weight is 318 g/mol. The molecule has 1 aromatic rings. The van der Waals surface area contributed by atoms with Gasteiger partial charge in [0.25, 0.3) is 0 Å². The van der Waals surface area contributed by atoms with Crippen LogP contribution in [0.25, 0.3) is 0 Å². The van der Waals surface area contributed by atoms with E-state index in [9.17, 15) is 9.90 Å². The van der Waals surface area contributed by atoms with E-state index >= 15 is 0 Å². The maximum absolute atomic E-state index is 11.8. The van der Waals surface area contributed by atoms with Gasteiger partial charge < -0.3 is 14.7 Å². The standard InChI is InChI=1S/C18H26N2O3/c1-19-8-6-18(7-9-19)13-20(12-16(18)17(21)22)11-14-4-3-5-15(10-14)23-2/h3-5,10,16H,6-9,11-13H2,1-2H3,(H,21,22)/t16-/m0/s1. The molecule has 5 heteroatoms. The fraction of sp³-hybridized carbons (Fsp3) is 0.611. The van der Waals surface area contributed by atoms with Crippen molar-refractivity contribution in [1.29, 1.82) is 0 Å². The number of nitrogens with zero attached hydrogens (tertiary/aromatic N) is 2. The van der Waals surface area contributed by atoms with Crippen LogP contribution in [0.5, 0.6) is 5.75 Å². The number of hydrogen-bond acceptors (Lipinski definition) is 4. The third kappa shape index (κ3) is 3.35. The first-order valence-corrected chi connectivity index (χ1v) is 8.29. The molecule has 3 rings (SSSR count). The van der Waals surface area contributed by atoms with Crippen molar-refractivity contribution >= 4 is 5.97 Å². The van der Waals surface area contributed by atoms with Crippen LogP contribution in [0.15, 0.2) is 24.3 Å². The minimum Gasteiger partial charge on any atom is -0.497 e. The molecule has 126 valence electrons. The number of carbonyl (C=O) groups is 1. The van der Waals surface area contributed by atoms with Crippen LogP contribution in [0.3, 0.4) is 0 Å². The quantitative estimate of drug-likeness (QED) is 0.919. The van der Waals surface area contributed by atoms with Crippen molar-refractivity contribution in [2.45, 2.75) is 19.4 Å². The summed E-state index contributed by atoms with van der Waals surface area (Å²) >= 11 is 0. The van der Waals surface area contributed by atoms with Gasteiger partial charge in [-0.25, -0.2) is 0 Å². The lowest BCUT2D eigenvalue weighted by Gasteiger charge is -2.40. The summed E-state index contributed by atoms with van der Waals surface area (Å²) in [4.78, 5) is 16.4. The zero-order valence-corrected chi connectivity index (χ0v) is 14.0. The maximum atomic E-state index is 11.8. The molecule has 0 amide bonds. The van der Waals surface area contributed by atoms with Gasteiger partial charge in [-0.1, -0.05) is 12.1 Å². The van der Waals surface area contributed by atoms with Gasteiger partial charge in [0.1, 0.15) is 5.75 Å². The van der Waals surface area contributed by atoms with Gasteiger partial charge in [-0.05, 0) is 50.7 Å². The summed E-state index contributed by atoms with van der Waals surface area (Å²) in [6, 6.07) is 8.05. The zero-order chi connectivity index (χ0) is 16.4. The third-order valence-corrected chi connectivity index (χ3v) is 5.54. The summed E-state index contributed by atoms with van der Waals surface area (Å²) in [7, 11) is 3.79. The van der Waals surface area contributed by atoms with Gasteiger partial charge in [-0.15, -0.1) is 0 Å². The first-order valence-electron chi connectivity index (χ1n) is 8.29. The molecule has 5 nitrogen and oxygen atoms in total. The van der Waals surface area contributed by atoms with Gasteiger partial charge >= 0.3 is 5.97 Å². The highest BCUT2D eigenvalue weighted by molar-refractivity contribution is 5.72. The highest BCUT2D eigenvalue weighted by Crippen LogP contribution is 2.45. The number of hydrogen-bond donors (Lipinski definition) is 1. The summed E-state index contributed by atoms with van der Waals surface area (Å²) in [5.41, 5.74) is 1.12. The first-order chi connectivity index (χ1) is 11.0. The minimum absolute atomic E-state index is 0.0583. The molecule has 2 saturated heterocycles. The van der Waals surface area contributed by atoms with Crippen LogP contribution in [0.1, 0.15) is 18.4 Å². The molecule has 1 aromatic carbocycles. The Morgan fingerprint density at radius 1 is 1.39 bits per heavy atom. The smallest absolute Gasteiger partial charge is 0.308 e. The number of carboxylic acid groups (broad SMARTS) is 1. The highest BCUT2D eigenvalue weighted by Gasteiger charge is 2.50. The van der Waals surface area contributed by atoms with Gasteiger partial charge in [0.2, 0.25) is 0 Å². The zero-order valence-electron chi connectivity index (χ0n) is 14.0. The van der Waals surface area contributed by atoms with Crippen molar-refractivity contribution in [3.05, 3.63) is 29.8 Å². The maximum Gasteiger partial charge on any atom is 0.308 e. The summed E-state index contributed by atoms with van der Waals surface area (Å²) < 4.78 is 5.28. The Balaban J connectivity index is 1.73. The Morgan fingerprint density at radius 2 is 2.13 bits per heavy atom. The average Bonchev–Trinajstić information content (AvgIpc) is 2.89. The fourth-order valence-corrected chi connectivity index (χ4v) is 4.13. The largest absolute Gasteiger partial charge is 0.497 e. The fourth-order valence-electron chi connectivity index (χ4n) is 4.13. The summed E-state index contributed by atoms with van der Waals surface area (Å²) in [5.74, 6) is -0.0324. The van der Waals surface area contributed by atoms with Crippen LogP contribution in [0, 0.1) is 11.3 Å². The second kappa shape index (κ2) is 6.49. The van der Waals surface area contributed by atoms with E-state index in [1.54, 1.807) is 7.11 Å². The molecule has 1 N–H and O–H groups in total. The van der Waals surface area contributed by atoms with Crippen LogP contribution < -0.4 is 4.74 Å². The topological polar surface area (TPSA) is 53.0 Å². The molecule has 2 aliphatic rings. The second-order valence-corrected chi connectivity index (χ2v) is 7.08. The van der Waals surface area contributed by atoms with Gasteiger partial charge in [0.05, 0.1) is 13.0 Å². The van der Waals surface area contributed by atoms with Crippen molar-refractivity contribution in [2.75, 3.05) is 40.3 Å². The Labute approximate surface area is 137 Å².